The molecule has 0 spiro atoms. The van der Waals surface area contributed by atoms with Crippen molar-refractivity contribution >= 4 is 11.9 Å². The normalized spacial score (nSPS) is 11.2. The summed E-state index contributed by atoms with van der Waals surface area (Å²) in [5.74, 6) is -2.01. The number of carbonyl (C=O) groups is 2. The topological polar surface area (TPSA) is 66.8 Å². The molecule has 16 heavy (non-hydrogen) atoms. The molecule has 0 aliphatic carbocycles. The number of carboxylic acid groups (broad SMARTS) is 1. The van der Waals surface area contributed by atoms with Crippen LogP contribution in [0.4, 0.5) is 13.2 Å². The quantitative estimate of drug-likeness (QED) is 0.737. The second-order valence-corrected chi connectivity index (χ2v) is 2.91. The number of amides is 1. The number of nitrogens with zero attached hydrogens (tertiary/aromatic N) is 1. The lowest BCUT2D eigenvalue weighted by Gasteiger charge is -2.18. The van der Waals surface area contributed by atoms with Crippen molar-refractivity contribution in [1.29, 1.82) is 0 Å². The summed E-state index contributed by atoms with van der Waals surface area (Å²) in [5, 5.41) is 8.40. The molecule has 0 saturated heterocycles. The third-order valence-electron chi connectivity index (χ3n) is 1.55. The van der Waals surface area contributed by atoms with E-state index in [1.165, 1.54) is 6.92 Å². The maximum atomic E-state index is 11.7. The molecular weight excluding hydrogens is 231 g/mol. The van der Waals surface area contributed by atoms with Gasteiger partial charge in [-0.1, -0.05) is 0 Å². The summed E-state index contributed by atoms with van der Waals surface area (Å²) in [4.78, 5) is 22.3. The summed E-state index contributed by atoms with van der Waals surface area (Å²) in [6.45, 7) is -1.24. The first-order chi connectivity index (χ1) is 7.26. The Morgan fingerprint density at radius 3 is 2.31 bits per heavy atom. The Bertz CT molecular complexity index is 254. The Morgan fingerprint density at radius 1 is 1.38 bits per heavy atom. The third-order valence-corrected chi connectivity index (χ3v) is 1.55. The summed E-state index contributed by atoms with van der Waals surface area (Å²) in [6, 6.07) is 0. The molecule has 0 heterocycles. The number of likely N-dealkylation sites (N-methyl/N-ethyl adjacent to an activating group) is 1. The zero-order valence-electron chi connectivity index (χ0n) is 8.58. The van der Waals surface area contributed by atoms with Crippen LogP contribution in [0, 0.1) is 0 Å². The van der Waals surface area contributed by atoms with Crippen LogP contribution in [0.15, 0.2) is 0 Å². The maximum absolute atomic E-state index is 11.7. The van der Waals surface area contributed by atoms with Crippen LogP contribution in [0.1, 0.15) is 6.92 Å². The highest BCUT2D eigenvalue weighted by Gasteiger charge is 2.28. The molecule has 0 atom stereocenters. The molecular formula is C8H12F3NO4. The van der Waals surface area contributed by atoms with Crippen LogP contribution in [0.3, 0.4) is 0 Å². The van der Waals surface area contributed by atoms with Gasteiger partial charge in [0.15, 0.2) is 0 Å². The molecule has 1 amide bonds. The Balaban J connectivity index is 3.98. The van der Waals surface area contributed by atoms with Gasteiger partial charge in [-0.15, -0.1) is 0 Å². The first-order valence-corrected chi connectivity index (χ1v) is 4.40. The Hall–Kier alpha value is -1.31. The molecule has 94 valence electrons. The fourth-order valence-corrected chi connectivity index (χ4v) is 0.885. The lowest BCUT2D eigenvalue weighted by molar-refractivity contribution is -0.178. The number of halogens is 3. The standard InChI is InChI=1S/C8H12F3NO4/c1-2-12(3-7(14)15)6(13)4-16-5-8(9,10)11/h2-5H2,1H3,(H,14,15). The van der Waals surface area contributed by atoms with Crippen LogP contribution in [-0.4, -0.2) is 54.4 Å². The van der Waals surface area contributed by atoms with Crippen LogP contribution < -0.4 is 0 Å². The van der Waals surface area contributed by atoms with Gasteiger partial charge >= 0.3 is 12.1 Å². The smallest absolute Gasteiger partial charge is 0.411 e. The predicted octanol–water partition coefficient (Wildman–Crippen LogP) is 0.498. The van der Waals surface area contributed by atoms with Crippen molar-refractivity contribution in [2.24, 2.45) is 0 Å². The van der Waals surface area contributed by atoms with Gasteiger partial charge in [0.1, 0.15) is 19.8 Å². The SMILES string of the molecule is CCN(CC(=O)O)C(=O)COCC(F)(F)F. The fraction of sp³-hybridized carbons (Fsp3) is 0.750. The molecule has 0 saturated carbocycles. The molecule has 0 unspecified atom stereocenters. The highest BCUT2D eigenvalue weighted by atomic mass is 19.4. The van der Waals surface area contributed by atoms with Gasteiger partial charge in [0.05, 0.1) is 0 Å². The van der Waals surface area contributed by atoms with E-state index in [1.54, 1.807) is 0 Å². The molecule has 5 nitrogen and oxygen atoms in total. The summed E-state index contributed by atoms with van der Waals surface area (Å²) >= 11 is 0. The Kier molecular flexibility index (Phi) is 5.79. The fourth-order valence-electron chi connectivity index (χ4n) is 0.885. The van der Waals surface area contributed by atoms with Crippen LogP contribution in [-0.2, 0) is 14.3 Å². The van der Waals surface area contributed by atoms with Crippen molar-refractivity contribution < 1.29 is 32.6 Å². The number of aliphatic carboxylic acids is 1. The highest BCUT2D eigenvalue weighted by molar-refractivity contribution is 5.82. The summed E-state index contributed by atoms with van der Waals surface area (Å²) in [7, 11) is 0. The Labute approximate surface area is 89.8 Å². The molecule has 0 aromatic heterocycles. The van der Waals surface area contributed by atoms with Crippen molar-refractivity contribution in [2.75, 3.05) is 26.3 Å². The monoisotopic (exact) mass is 243 g/mol. The van der Waals surface area contributed by atoms with E-state index in [0.717, 1.165) is 4.90 Å². The molecule has 0 aliphatic rings. The number of ether oxygens (including phenoxy) is 1. The van der Waals surface area contributed by atoms with Gasteiger partial charge in [0.2, 0.25) is 5.91 Å². The van der Waals surface area contributed by atoms with Gasteiger partial charge < -0.3 is 14.7 Å². The van der Waals surface area contributed by atoms with Crippen molar-refractivity contribution in [2.45, 2.75) is 13.1 Å². The van der Waals surface area contributed by atoms with Crippen molar-refractivity contribution in [3.63, 3.8) is 0 Å². The van der Waals surface area contributed by atoms with E-state index < -0.39 is 37.8 Å². The lowest BCUT2D eigenvalue weighted by Crippen LogP contribution is -2.38. The van der Waals surface area contributed by atoms with E-state index in [9.17, 15) is 22.8 Å². The van der Waals surface area contributed by atoms with Crippen molar-refractivity contribution in [3.8, 4) is 0 Å². The third kappa shape index (κ3) is 7.04. The number of carbonyl (C=O) groups excluding carboxylic acids is 1. The van der Waals surface area contributed by atoms with Crippen LogP contribution in [0.5, 0.6) is 0 Å². The van der Waals surface area contributed by atoms with Crippen LogP contribution >= 0.6 is 0 Å². The highest BCUT2D eigenvalue weighted by Crippen LogP contribution is 2.14. The first kappa shape index (κ1) is 14.7. The van der Waals surface area contributed by atoms with Crippen LogP contribution in [0.2, 0.25) is 0 Å². The van der Waals surface area contributed by atoms with Gasteiger partial charge in [0, 0.05) is 6.54 Å². The zero-order chi connectivity index (χ0) is 12.8. The predicted molar refractivity (Wildman–Crippen MR) is 46.8 cm³/mol. The van der Waals surface area contributed by atoms with Crippen LogP contribution in [0.25, 0.3) is 0 Å². The van der Waals surface area contributed by atoms with Gasteiger partial charge in [0.25, 0.3) is 0 Å². The minimum Gasteiger partial charge on any atom is -0.480 e. The first-order valence-electron chi connectivity index (χ1n) is 4.40. The molecule has 0 radical (unpaired) electrons. The van der Waals surface area contributed by atoms with Crippen molar-refractivity contribution in [1.82, 2.24) is 4.90 Å². The molecule has 1 N–H and O–H groups in total. The van der Waals surface area contributed by atoms with Gasteiger partial charge in [-0.3, -0.25) is 9.59 Å². The van der Waals surface area contributed by atoms with E-state index in [4.69, 9.17) is 5.11 Å². The number of alkyl halides is 3. The maximum Gasteiger partial charge on any atom is 0.411 e. The zero-order valence-corrected chi connectivity index (χ0v) is 8.58. The second-order valence-electron chi connectivity index (χ2n) is 2.91. The molecule has 0 bridgehead atoms. The number of rotatable bonds is 6. The van der Waals surface area contributed by atoms with E-state index >= 15 is 0 Å². The minimum absolute atomic E-state index is 0.0977. The van der Waals surface area contributed by atoms with Crippen molar-refractivity contribution in [3.05, 3.63) is 0 Å². The molecule has 0 aliphatic heterocycles. The summed E-state index contributed by atoms with van der Waals surface area (Å²) < 4.78 is 39.1. The number of hydrogen-bond donors (Lipinski definition) is 1. The molecule has 0 aromatic carbocycles. The summed E-state index contributed by atoms with van der Waals surface area (Å²) in [5.41, 5.74) is 0. The van der Waals surface area contributed by atoms with E-state index in [2.05, 4.69) is 4.74 Å². The molecule has 0 fully saturated rings. The number of carboxylic acids is 1. The molecule has 0 rings (SSSR count). The largest absolute Gasteiger partial charge is 0.480 e. The molecule has 0 aromatic rings. The summed E-state index contributed by atoms with van der Waals surface area (Å²) in [6.07, 6.45) is -4.50. The molecule has 8 heteroatoms. The average Bonchev–Trinajstić information content (AvgIpc) is 2.11. The average molecular weight is 243 g/mol. The second kappa shape index (κ2) is 6.31. The van der Waals surface area contributed by atoms with Gasteiger partial charge in [-0.2, -0.15) is 13.2 Å². The van der Waals surface area contributed by atoms with E-state index in [1.807, 2.05) is 0 Å². The number of hydrogen-bond acceptors (Lipinski definition) is 3. The van der Waals surface area contributed by atoms with Gasteiger partial charge in [-0.05, 0) is 6.92 Å². The Morgan fingerprint density at radius 2 is 1.94 bits per heavy atom. The van der Waals surface area contributed by atoms with Gasteiger partial charge in [-0.25, -0.2) is 0 Å². The lowest BCUT2D eigenvalue weighted by atomic mass is 10.4. The van der Waals surface area contributed by atoms with E-state index in [-0.39, 0.29) is 6.54 Å². The minimum atomic E-state index is -4.50. The van der Waals surface area contributed by atoms with E-state index in [0.29, 0.717) is 0 Å².